The quantitative estimate of drug-likeness (QED) is 0.596. The second kappa shape index (κ2) is 8.66. The highest BCUT2D eigenvalue weighted by Gasteiger charge is 2.14. The van der Waals surface area contributed by atoms with E-state index >= 15 is 0 Å². The molecule has 1 N–H and O–H groups in total. The van der Waals surface area contributed by atoms with E-state index in [0.717, 1.165) is 45.2 Å². The molecule has 1 aliphatic rings. The molecule has 3 nitrogen and oxygen atoms in total. The minimum absolute atomic E-state index is 0.809. The Hall–Kier alpha value is -0.710. The van der Waals surface area contributed by atoms with Gasteiger partial charge in [0.15, 0.2) is 0 Å². The Morgan fingerprint density at radius 1 is 1.10 bits per heavy atom. The van der Waals surface area contributed by atoms with Crippen LogP contribution < -0.4 is 10.2 Å². The zero-order valence-electron chi connectivity index (χ0n) is 13.4. The van der Waals surface area contributed by atoms with E-state index in [1.165, 1.54) is 24.1 Å². The van der Waals surface area contributed by atoms with Crippen molar-refractivity contribution in [1.29, 1.82) is 0 Å². The first-order valence-electron chi connectivity index (χ1n) is 8.13. The van der Waals surface area contributed by atoms with E-state index in [2.05, 4.69) is 65.4 Å². The van der Waals surface area contributed by atoms with Gasteiger partial charge in [-0.15, -0.1) is 0 Å². The normalized spacial score (nSPS) is 16.7. The van der Waals surface area contributed by atoms with Crippen LogP contribution in [0, 0.1) is 5.92 Å². The zero-order valence-corrected chi connectivity index (χ0v) is 14.3. The SMILES string of the molecule is CC(C)CCCNCc1ccc(N2CCN(S)CC2)cc1. The predicted octanol–water partition coefficient (Wildman–Crippen LogP) is 3.18. The van der Waals surface area contributed by atoms with Crippen molar-refractivity contribution in [3.8, 4) is 0 Å². The molecule has 2 rings (SSSR count). The number of nitrogens with zero attached hydrogens (tertiary/aromatic N) is 2. The van der Waals surface area contributed by atoms with E-state index in [1.54, 1.807) is 0 Å². The number of anilines is 1. The van der Waals surface area contributed by atoms with Crippen molar-refractivity contribution in [2.75, 3.05) is 37.6 Å². The van der Waals surface area contributed by atoms with Crippen molar-refractivity contribution in [1.82, 2.24) is 9.62 Å². The van der Waals surface area contributed by atoms with Gasteiger partial charge in [-0.2, -0.15) is 0 Å². The largest absolute Gasteiger partial charge is 0.369 e. The lowest BCUT2D eigenvalue weighted by Crippen LogP contribution is -2.42. The lowest BCUT2D eigenvalue weighted by Gasteiger charge is -2.33. The molecule has 1 heterocycles. The van der Waals surface area contributed by atoms with Crippen LogP contribution in [0.1, 0.15) is 32.3 Å². The van der Waals surface area contributed by atoms with E-state index in [0.29, 0.717) is 0 Å². The van der Waals surface area contributed by atoms with Gasteiger partial charge in [0.1, 0.15) is 0 Å². The highest BCUT2D eigenvalue weighted by atomic mass is 32.1. The van der Waals surface area contributed by atoms with Crippen molar-refractivity contribution in [3.63, 3.8) is 0 Å². The Labute approximate surface area is 135 Å². The number of nitrogens with one attached hydrogen (secondary N) is 1. The summed E-state index contributed by atoms with van der Waals surface area (Å²) in [5.41, 5.74) is 2.70. The number of benzene rings is 1. The van der Waals surface area contributed by atoms with Gasteiger partial charge in [0.25, 0.3) is 0 Å². The molecule has 1 fully saturated rings. The van der Waals surface area contributed by atoms with Gasteiger partial charge >= 0.3 is 0 Å². The average Bonchev–Trinajstić information content (AvgIpc) is 2.48. The van der Waals surface area contributed by atoms with E-state index in [-0.39, 0.29) is 0 Å². The summed E-state index contributed by atoms with van der Waals surface area (Å²) in [5.74, 6) is 0.809. The zero-order chi connectivity index (χ0) is 15.1. The number of rotatable bonds is 7. The summed E-state index contributed by atoms with van der Waals surface area (Å²) in [6.07, 6.45) is 2.58. The highest BCUT2D eigenvalue weighted by Crippen LogP contribution is 2.17. The molecule has 4 heteroatoms. The molecule has 0 radical (unpaired) electrons. The van der Waals surface area contributed by atoms with Gasteiger partial charge in [-0.05, 0) is 43.0 Å². The molecule has 0 atom stereocenters. The van der Waals surface area contributed by atoms with E-state index in [4.69, 9.17) is 0 Å². The van der Waals surface area contributed by atoms with Crippen molar-refractivity contribution in [2.45, 2.75) is 33.2 Å². The maximum Gasteiger partial charge on any atom is 0.0367 e. The van der Waals surface area contributed by atoms with E-state index in [1.807, 2.05) is 0 Å². The summed E-state index contributed by atoms with van der Waals surface area (Å²) >= 11 is 4.40. The first kappa shape index (κ1) is 16.7. The second-order valence-corrected chi connectivity index (χ2v) is 6.89. The Balaban J connectivity index is 1.72. The third kappa shape index (κ3) is 5.89. The summed E-state index contributed by atoms with van der Waals surface area (Å²) in [7, 11) is 0. The van der Waals surface area contributed by atoms with Gasteiger partial charge in [-0.1, -0.05) is 38.8 Å². The molecule has 0 aliphatic carbocycles. The molecular weight excluding hydrogens is 278 g/mol. The lowest BCUT2D eigenvalue weighted by atomic mass is 10.1. The first-order valence-corrected chi connectivity index (χ1v) is 8.53. The van der Waals surface area contributed by atoms with E-state index in [9.17, 15) is 0 Å². The first-order chi connectivity index (χ1) is 10.1. The van der Waals surface area contributed by atoms with Crippen LogP contribution in [0.5, 0.6) is 0 Å². The Kier molecular flexibility index (Phi) is 6.87. The fourth-order valence-electron chi connectivity index (χ4n) is 2.65. The van der Waals surface area contributed by atoms with Crippen LogP contribution in [-0.4, -0.2) is 37.0 Å². The van der Waals surface area contributed by atoms with Crippen LogP contribution in [0.25, 0.3) is 0 Å². The van der Waals surface area contributed by atoms with Crippen LogP contribution in [-0.2, 0) is 6.54 Å². The summed E-state index contributed by atoms with van der Waals surface area (Å²) in [6, 6.07) is 8.99. The maximum absolute atomic E-state index is 4.40. The number of hydrogen-bond donors (Lipinski definition) is 2. The summed E-state index contributed by atoms with van der Waals surface area (Å²) in [5, 5.41) is 3.53. The second-order valence-electron chi connectivity index (χ2n) is 6.32. The molecule has 1 saturated heterocycles. The lowest BCUT2D eigenvalue weighted by molar-refractivity contribution is 0.434. The fraction of sp³-hybridized carbons (Fsp3) is 0.647. The maximum atomic E-state index is 4.40. The molecule has 0 unspecified atom stereocenters. The molecule has 0 amide bonds. The molecule has 0 bridgehead atoms. The van der Waals surface area contributed by atoms with Gasteiger partial charge < -0.3 is 10.2 Å². The molecule has 21 heavy (non-hydrogen) atoms. The van der Waals surface area contributed by atoms with Crippen molar-refractivity contribution < 1.29 is 0 Å². The van der Waals surface area contributed by atoms with Crippen LogP contribution >= 0.6 is 12.8 Å². The van der Waals surface area contributed by atoms with Gasteiger partial charge in [0, 0.05) is 38.4 Å². The molecule has 118 valence electrons. The van der Waals surface area contributed by atoms with Gasteiger partial charge in [0.05, 0.1) is 0 Å². The van der Waals surface area contributed by atoms with Gasteiger partial charge in [-0.3, -0.25) is 0 Å². The predicted molar refractivity (Wildman–Crippen MR) is 95.0 cm³/mol. The monoisotopic (exact) mass is 307 g/mol. The highest BCUT2D eigenvalue weighted by molar-refractivity contribution is 7.77. The van der Waals surface area contributed by atoms with Crippen molar-refractivity contribution >= 4 is 18.5 Å². The molecule has 1 aliphatic heterocycles. The number of thiol groups is 1. The molecular formula is C17H29N3S. The summed E-state index contributed by atoms with van der Waals surface area (Å²) in [6.45, 7) is 10.8. The van der Waals surface area contributed by atoms with Crippen molar-refractivity contribution in [3.05, 3.63) is 29.8 Å². The Bertz CT molecular complexity index is 397. The van der Waals surface area contributed by atoms with Gasteiger partial charge in [-0.25, -0.2) is 4.31 Å². The molecule has 0 aromatic heterocycles. The molecule has 0 saturated carbocycles. The molecule has 1 aromatic carbocycles. The smallest absolute Gasteiger partial charge is 0.0367 e. The number of piperazine rings is 1. The summed E-state index contributed by atoms with van der Waals surface area (Å²) < 4.78 is 2.09. The Morgan fingerprint density at radius 3 is 2.38 bits per heavy atom. The summed E-state index contributed by atoms with van der Waals surface area (Å²) in [4.78, 5) is 2.44. The topological polar surface area (TPSA) is 18.5 Å². The average molecular weight is 308 g/mol. The van der Waals surface area contributed by atoms with E-state index < -0.39 is 0 Å². The van der Waals surface area contributed by atoms with Crippen molar-refractivity contribution in [2.24, 2.45) is 5.92 Å². The third-order valence-corrected chi connectivity index (χ3v) is 4.42. The minimum Gasteiger partial charge on any atom is -0.369 e. The van der Waals surface area contributed by atoms with Crippen LogP contribution in [0.4, 0.5) is 5.69 Å². The third-order valence-electron chi connectivity index (χ3n) is 4.02. The van der Waals surface area contributed by atoms with Crippen LogP contribution in [0.15, 0.2) is 24.3 Å². The number of hydrogen-bond acceptors (Lipinski definition) is 4. The molecule has 0 spiro atoms. The standard InChI is InChI=1S/C17H29N3S/c1-15(2)4-3-9-18-14-16-5-7-17(8-6-16)19-10-12-20(21)13-11-19/h5-8,15,18,21H,3-4,9-14H2,1-2H3. The van der Waals surface area contributed by atoms with Crippen LogP contribution in [0.2, 0.25) is 0 Å². The van der Waals surface area contributed by atoms with Gasteiger partial charge in [0.2, 0.25) is 0 Å². The minimum atomic E-state index is 0.809. The fourth-order valence-corrected chi connectivity index (χ4v) is 2.83. The molecule has 1 aromatic rings. The Morgan fingerprint density at radius 2 is 1.76 bits per heavy atom. The van der Waals surface area contributed by atoms with Crippen LogP contribution in [0.3, 0.4) is 0 Å².